The third-order valence-electron chi connectivity index (χ3n) is 0.749. The van der Waals surface area contributed by atoms with Crippen LogP contribution in [0, 0.1) is 0 Å². The SMILES string of the molecule is CC(F)(Cl)CCCF. The van der Waals surface area contributed by atoms with E-state index in [0.717, 1.165) is 0 Å². The van der Waals surface area contributed by atoms with Crippen LogP contribution < -0.4 is 0 Å². The lowest BCUT2D eigenvalue weighted by molar-refractivity contribution is 0.269. The summed E-state index contributed by atoms with van der Waals surface area (Å²) in [5.74, 6) is 0. The molecule has 0 fully saturated rings. The Morgan fingerprint density at radius 2 is 2.12 bits per heavy atom. The standard InChI is InChI=1S/C5H9ClF2/c1-5(6,8)3-2-4-7/h2-4H2,1H3. The number of hydrogen-bond acceptors (Lipinski definition) is 0. The van der Waals surface area contributed by atoms with Crippen molar-refractivity contribution in [3.05, 3.63) is 0 Å². The van der Waals surface area contributed by atoms with Crippen LogP contribution in [-0.4, -0.2) is 11.8 Å². The Hall–Kier alpha value is 0.150. The van der Waals surface area contributed by atoms with Gasteiger partial charge in [0.05, 0.1) is 6.67 Å². The van der Waals surface area contributed by atoms with Crippen LogP contribution in [0.15, 0.2) is 0 Å². The van der Waals surface area contributed by atoms with Gasteiger partial charge in [-0.1, -0.05) is 11.6 Å². The summed E-state index contributed by atoms with van der Waals surface area (Å²) in [6.45, 7) is 0.733. The first-order chi connectivity index (χ1) is 3.56. The van der Waals surface area contributed by atoms with Crippen molar-refractivity contribution >= 4 is 11.6 Å². The summed E-state index contributed by atoms with van der Waals surface area (Å²) >= 11 is 5.08. The van der Waals surface area contributed by atoms with Crippen LogP contribution in [0.1, 0.15) is 19.8 Å². The van der Waals surface area contributed by atoms with E-state index in [9.17, 15) is 8.78 Å². The number of alkyl halides is 3. The zero-order chi connectivity index (χ0) is 6.62. The molecular formula is C5H9ClF2. The van der Waals surface area contributed by atoms with Crippen molar-refractivity contribution in [3.8, 4) is 0 Å². The number of rotatable bonds is 3. The quantitative estimate of drug-likeness (QED) is 0.532. The second-order valence-corrected chi connectivity index (χ2v) is 2.65. The lowest BCUT2D eigenvalue weighted by Crippen LogP contribution is -2.06. The zero-order valence-electron chi connectivity index (χ0n) is 4.76. The maximum Gasteiger partial charge on any atom is 0.181 e. The molecule has 0 nitrogen and oxygen atoms in total. The van der Waals surface area contributed by atoms with Crippen LogP contribution in [0.5, 0.6) is 0 Å². The largest absolute Gasteiger partial charge is 0.251 e. The van der Waals surface area contributed by atoms with Crippen LogP contribution in [-0.2, 0) is 0 Å². The Morgan fingerprint density at radius 3 is 2.25 bits per heavy atom. The second kappa shape index (κ2) is 3.23. The molecule has 0 aromatic heterocycles. The highest BCUT2D eigenvalue weighted by Crippen LogP contribution is 2.21. The van der Waals surface area contributed by atoms with E-state index >= 15 is 0 Å². The third-order valence-corrected chi connectivity index (χ3v) is 0.938. The molecule has 8 heavy (non-hydrogen) atoms. The van der Waals surface area contributed by atoms with Gasteiger partial charge in [-0.2, -0.15) is 0 Å². The number of hydrogen-bond donors (Lipinski definition) is 0. The van der Waals surface area contributed by atoms with E-state index in [-0.39, 0.29) is 12.8 Å². The topological polar surface area (TPSA) is 0 Å². The minimum absolute atomic E-state index is 0.0883. The molecule has 0 aromatic rings. The van der Waals surface area contributed by atoms with E-state index in [1.54, 1.807) is 0 Å². The molecule has 0 saturated heterocycles. The molecule has 50 valence electrons. The fourth-order valence-electron chi connectivity index (χ4n) is 0.377. The molecule has 3 heteroatoms. The molecule has 0 saturated carbocycles. The van der Waals surface area contributed by atoms with Gasteiger partial charge in [-0.3, -0.25) is 4.39 Å². The average Bonchev–Trinajstić information content (AvgIpc) is 1.59. The predicted molar refractivity (Wildman–Crippen MR) is 30.6 cm³/mol. The first kappa shape index (κ1) is 8.15. The van der Waals surface area contributed by atoms with Gasteiger partial charge in [-0.05, 0) is 19.8 Å². The third kappa shape index (κ3) is 6.15. The second-order valence-electron chi connectivity index (χ2n) is 1.86. The molecular weight excluding hydrogens is 134 g/mol. The molecule has 0 aliphatic rings. The Labute approximate surface area is 52.8 Å². The Balaban J connectivity index is 3.11. The molecule has 1 unspecified atom stereocenters. The van der Waals surface area contributed by atoms with Gasteiger partial charge >= 0.3 is 0 Å². The molecule has 0 aliphatic heterocycles. The lowest BCUT2D eigenvalue weighted by Gasteiger charge is -2.07. The van der Waals surface area contributed by atoms with Crippen LogP contribution in [0.2, 0.25) is 0 Å². The smallest absolute Gasteiger partial charge is 0.181 e. The lowest BCUT2D eigenvalue weighted by atomic mass is 10.2. The Bertz CT molecular complexity index is 57.9. The van der Waals surface area contributed by atoms with Gasteiger partial charge in [0, 0.05) is 0 Å². The maximum atomic E-state index is 12.2. The first-order valence-corrected chi connectivity index (χ1v) is 2.88. The van der Waals surface area contributed by atoms with Gasteiger partial charge in [0.2, 0.25) is 0 Å². The van der Waals surface area contributed by atoms with Crippen molar-refractivity contribution in [2.75, 3.05) is 6.67 Å². The van der Waals surface area contributed by atoms with Crippen LogP contribution in [0.3, 0.4) is 0 Å². The van der Waals surface area contributed by atoms with Crippen LogP contribution >= 0.6 is 11.6 Å². The summed E-state index contributed by atoms with van der Waals surface area (Å²) in [6, 6.07) is 0. The fourth-order valence-corrected chi connectivity index (χ4v) is 0.511. The summed E-state index contributed by atoms with van der Waals surface area (Å²) in [5, 5.41) is -1.72. The van der Waals surface area contributed by atoms with Gasteiger partial charge in [0.25, 0.3) is 0 Å². The van der Waals surface area contributed by atoms with E-state index in [0.29, 0.717) is 0 Å². The average molecular weight is 143 g/mol. The summed E-state index contributed by atoms with van der Waals surface area (Å²) < 4.78 is 23.5. The normalized spacial score (nSPS) is 18.0. The molecule has 0 radical (unpaired) electrons. The van der Waals surface area contributed by atoms with Crippen molar-refractivity contribution in [3.63, 3.8) is 0 Å². The molecule has 0 amide bonds. The molecule has 0 heterocycles. The van der Waals surface area contributed by atoms with E-state index in [2.05, 4.69) is 0 Å². The fraction of sp³-hybridized carbons (Fsp3) is 1.00. The number of halogens is 3. The summed E-state index contributed by atoms with van der Waals surface area (Å²) in [6.07, 6.45) is 0.293. The molecule has 1 atom stereocenters. The molecule has 0 rings (SSSR count). The maximum absolute atomic E-state index is 12.2. The van der Waals surface area contributed by atoms with Gasteiger partial charge < -0.3 is 0 Å². The minimum Gasteiger partial charge on any atom is -0.251 e. The monoisotopic (exact) mass is 142 g/mol. The van der Waals surface area contributed by atoms with Crippen LogP contribution in [0.4, 0.5) is 8.78 Å². The first-order valence-electron chi connectivity index (χ1n) is 2.50. The van der Waals surface area contributed by atoms with Gasteiger partial charge in [0.1, 0.15) is 0 Å². The summed E-state index contributed by atoms with van der Waals surface area (Å²) in [5.41, 5.74) is 0. The van der Waals surface area contributed by atoms with Crippen molar-refractivity contribution in [2.45, 2.75) is 24.9 Å². The van der Waals surface area contributed by atoms with E-state index in [1.165, 1.54) is 6.92 Å². The minimum atomic E-state index is -1.72. The Kier molecular flexibility index (Phi) is 3.29. The summed E-state index contributed by atoms with van der Waals surface area (Å²) in [7, 11) is 0. The molecule has 0 bridgehead atoms. The molecule has 0 N–H and O–H groups in total. The van der Waals surface area contributed by atoms with Crippen molar-refractivity contribution in [1.29, 1.82) is 0 Å². The van der Waals surface area contributed by atoms with E-state index in [4.69, 9.17) is 11.6 Å². The van der Waals surface area contributed by atoms with Crippen molar-refractivity contribution < 1.29 is 8.78 Å². The van der Waals surface area contributed by atoms with Gasteiger partial charge in [0.15, 0.2) is 5.13 Å². The van der Waals surface area contributed by atoms with Crippen LogP contribution in [0.25, 0.3) is 0 Å². The van der Waals surface area contributed by atoms with E-state index in [1.807, 2.05) is 0 Å². The van der Waals surface area contributed by atoms with Gasteiger partial charge in [-0.15, -0.1) is 0 Å². The molecule has 0 aromatic carbocycles. The van der Waals surface area contributed by atoms with Crippen molar-refractivity contribution in [2.24, 2.45) is 0 Å². The zero-order valence-corrected chi connectivity index (χ0v) is 5.51. The highest BCUT2D eigenvalue weighted by molar-refractivity contribution is 6.22. The molecule has 0 aliphatic carbocycles. The Morgan fingerprint density at radius 1 is 1.62 bits per heavy atom. The predicted octanol–water partition coefficient (Wildman–Crippen LogP) is 2.66. The highest BCUT2D eigenvalue weighted by Gasteiger charge is 2.16. The van der Waals surface area contributed by atoms with E-state index < -0.39 is 11.8 Å². The van der Waals surface area contributed by atoms with Gasteiger partial charge in [-0.25, -0.2) is 4.39 Å². The highest BCUT2D eigenvalue weighted by atomic mass is 35.5. The summed E-state index contributed by atoms with van der Waals surface area (Å²) in [4.78, 5) is 0. The van der Waals surface area contributed by atoms with Crippen molar-refractivity contribution in [1.82, 2.24) is 0 Å². The molecule has 0 spiro atoms.